The van der Waals surface area contributed by atoms with Crippen LogP contribution in [0.25, 0.3) is 0 Å². The summed E-state index contributed by atoms with van der Waals surface area (Å²) in [7, 11) is 0. The van der Waals surface area contributed by atoms with E-state index < -0.39 is 0 Å². The lowest BCUT2D eigenvalue weighted by Gasteiger charge is -2.27. The molecular formula is C21H22Cl2N6O. The Balaban J connectivity index is 1.66. The van der Waals surface area contributed by atoms with Gasteiger partial charge in [0.1, 0.15) is 0 Å². The zero-order valence-corrected chi connectivity index (χ0v) is 18.3. The number of hydrogen-bond acceptors (Lipinski definition) is 7. The van der Waals surface area contributed by atoms with Crippen molar-refractivity contribution in [2.45, 2.75) is 13.8 Å². The maximum atomic E-state index is 6.26. The Labute approximate surface area is 185 Å². The highest BCUT2D eigenvalue weighted by atomic mass is 35.5. The van der Waals surface area contributed by atoms with Crippen molar-refractivity contribution in [3.8, 4) is 0 Å². The van der Waals surface area contributed by atoms with E-state index in [2.05, 4.69) is 30.5 Å². The molecule has 0 bridgehead atoms. The second-order valence-corrected chi connectivity index (χ2v) is 7.87. The number of anilines is 5. The van der Waals surface area contributed by atoms with E-state index in [1.54, 1.807) is 0 Å². The first kappa shape index (κ1) is 20.7. The molecule has 9 heteroatoms. The van der Waals surface area contributed by atoms with E-state index in [9.17, 15) is 0 Å². The fraction of sp³-hybridized carbons (Fsp3) is 0.286. The summed E-state index contributed by atoms with van der Waals surface area (Å²) in [6, 6.07) is 11.5. The van der Waals surface area contributed by atoms with Crippen molar-refractivity contribution in [3.05, 3.63) is 57.6 Å². The van der Waals surface area contributed by atoms with Crippen LogP contribution >= 0.6 is 23.2 Å². The minimum atomic E-state index is 0.423. The highest BCUT2D eigenvalue weighted by Crippen LogP contribution is 2.26. The topological polar surface area (TPSA) is 75.2 Å². The van der Waals surface area contributed by atoms with Gasteiger partial charge in [-0.15, -0.1) is 0 Å². The SMILES string of the molecule is Cc1ccc(Nc2nc(Nc3ccc(C)c(Cl)c3)nc(N3CCOCC3)n2)cc1Cl. The van der Waals surface area contributed by atoms with Crippen molar-refractivity contribution in [2.75, 3.05) is 41.8 Å². The Morgan fingerprint density at radius 3 is 1.77 bits per heavy atom. The molecule has 2 N–H and O–H groups in total. The molecule has 7 nitrogen and oxygen atoms in total. The number of hydrogen-bond donors (Lipinski definition) is 2. The summed E-state index contributed by atoms with van der Waals surface area (Å²) >= 11 is 12.5. The van der Waals surface area contributed by atoms with Crippen LogP contribution in [0.2, 0.25) is 10.0 Å². The van der Waals surface area contributed by atoms with Crippen LogP contribution in [0.1, 0.15) is 11.1 Å². The number of rotatable bonds is 5. The standard InChI is InChI=1S/C21H22Cl2N6O/c1-13-3-5-15(11-17(13)22)24-19-26-20(25-16-6-4-14(2)18(23)12-16)28-21(27-19)29-7-9-30-10-8-29/h3-6,11-12H,7-10H2,1-2H3,(H2,24,25,26,27,28). The first-order valence-corrected chi connectivity index (χ1v) is 10.4. The Kier molecular flexibility index (Phi) is 6.22. The Morgan fingerprint density at radius 1 is 0.800 bits per heavy atom. The number of nitrogens with one attached hydrogen (secondary N) is 2. The second kappa shape index (κ2) is 9.04. The number of aromatic nitrogens is 3. The van der Waals surface area contributed by atoms with Crippen LogP contribution in [0.15, 0.2) is 36.4 Å². The Hall–Kier alpha value is -2.61. The summed E-state index contributed by atoms with van der Waals surface area (Å²) in [5.74, 6) is 1.42. The van der Waals surface area contributed by atoms with Crippen molar-refractivity contribution < 1.29 is 4.74 Å². The minimum Gasteiger partial charge on any atom is -0.378 e. The molecule has 1 aliphatic rings. The third kappa shape index (κ3) is 4.92. The van der Waals surface area contributed by atoms with Gasteiger partial charge in [0.2, 0.25) is 17.8 Å². The molecule has 0 saturated carbocycles. The smallest absolute Gasteiger partial charge is 0.233 e. The largest absolute Gasteiger partial charge is 0.378 e. The van der Waals surface area contributed by atoms with Crippen LogP contribution in [0.5, 0.6) is 0 Å². The van der Waals surface area contributed by atoms with Gasteiger partial charge in [0.05, 0.1) is 13.2 Å². The average Bonchev–Trinajstić information content (AvgIpc) is 2.74. The van der Waals surface area contributed by atoms with Gasteiger partial charge in [-0.05, 0) is 49.2 Å². The van der Waals surface area contributed by atoms with E-state index in [1.807, 2.05) is 50.2 Å². The van der Waals surface area contributed by atoms with Gasteiger partial charge < -0.3 is 20.3 Å². The van der Waals surface area contributed by atoms with Crippen LogP contribution < -0.4 is 15.5 Å². The average molecular weight is 445 g/mol. The highest BCUT2D eigenvalue weighted by Gasteiger charge is 2.17. The van der Waals surface area contributed by atoms with Gasteiger partial charge in [-0.25, -0.2) is 0 Å². The molecule has 30 heavy (non-hydrogen) atoms. The molecule has 3 aromatic rings. The monoisotopic (exact) mass is 444 g/mol. The van der Waals surface area contributed by atoms with Gasteiger partial charge in [0.15, 0.2) is 0 Å². The molecule has 1 aromatic heterocycles. The van der Waals surface area contributed by atoms with E-state index in [0.717, 1.165) is 35.6 Å². The van der Waals surface area contributed by atoms with Crippen LogP contribution in [0.3, 0.4) is 0 Å². The number of morpholine rings is 1. The van der Waals surface area contributed by atoms with Crippen LogP contribution in [-0.2, 0) is 4.74 Å². The van der Waals surface area contributed by atoms with Gasteiger partial charge in [-0.1, -0.05) is 35.3 Å². The van der Waals surface area contributed by atoms with Gasteiger partial charge >= 0.3 is 0 Å². The zero-order chi connectivity index (χ0) is 21.1. The van der Waals surface area contributed by atoms with Gasteiger partial charge in [-0.3, -0.25) is 0 Å². The fourth-order valence-electron chi connectivity index (χ4n) is 2.98. The molecule has 0 atom stereocenters. The van der Waals surface area contributed by atoms with E-state index in [4.69, 9.17) is 27.9 Å². The zero-order valence-electron chi connectivity index (χ0n) is 16.7. The number of benzene rings is 2. The lowest BCUT2D eigenvalue weighted by Crippen LogP contribution is -2.37. The molecule has 0 radical (unpaired) electrons. The molecule has 2 heterocycles. The molecule has 156 valence electrons. The first-order valence-electron chi connectivity index (χ1n) is 9.63. The van der Waals surface area contributed by atoms with E-state index >= 15 is 0 Å². The number of aryl methyl sites for hydroxylation is 2. The summed E-state index contributed by atoms with van der Waals surface area (Å²) in [6.45, 7) is 6.63. The quantitative estimate of drug-likeness (QED) is 0.565. The summed E-state index contributed by atoms with van der Waals surface area (Å²) in [5.41, 5.74) is 3.61. The number of ether oxygens (including phenoxy) is 1. The fourth-order valence-corrected chi connectivity index (χ4v) is 3.34. The molecule has 0 unspecified atom stereocenters. The van der Waals surface area contributed by atoms with Crippen molar-refractivity contribution in [1.29, 1.82) is 0 Å². The molecule has 4 rings (SSSR count). The second-order valence-electron chi connectivity index (χ2n) is 7.06. The lowest BCUT2D eigenvalue weighted by atomic mass is 10.2. The van der Waals surface area contributed by atoms with Crippen molar-refractivity contribution in [2.24, 2.45) is 0 Å². The van der Waals surface area contributed by atoms with Crippen LogP contribution in [0.4, 0.5) is 29.2 Å². The Bertz CT molecular complexity index is 984. The number of halogens is 2. The van der Waals surface area contributed by atoms with Gasteiger partial charge in [-0.2, -0.15) is 15.0 Å². The lowest BCUT2D eigenvalue weighted by molar-refractivity contribution is 0.122. The maximum absolute atomic E-state index is 6.26. The number of nitrogens with zero attached hydrogens (tertiary/aromatic N) is 4. The highest BCUT2D eigenvalue weighted by molar-refractivity contribution is 6.32. The first-order chi connectivity index (χ1) is 14.5. The summed E-state index contributed by atoms with van der Waals surface area (Å²) in [5, 5.41) is 7.81. The molecule has 0 amide bonds. The van der Waals surface area contributed by atoms with Crippen molar-refractivity contribution >= 4 is 52.4 Å². The molecule has 0 spiro atoms. The minimum absolute atomic E-state index is 0.423. The Morgan fingerprint density at radius 2 is 1.30 bits per heavy atom. The van der Waals surface area contributed by atoms with Crippen molar-refractivity contribution in [1.82, 2.24) is 15.0 Å². The van der Waals surface area contributed by atoms with E-state index in [-0.39, 0.29) is 0 Å². The predicted molar refractivity (Wildman–Crippen MR) is 122 cm³/mol. The molecule has 0 aliphatic carbocycles. The van der Waals surface area contributed by atoms with Gasteiger partial charge in [0, 0.05) is 34.5 Å². The molecule has 1 fully saturated rings. The van der Waals surface area contributed by atoms with Crippen LogP contribution in [0, 0.1) is 13.8 Å². The molecule has 1 aliphatic heterocycles. The molecule has 2 aromatic carbocycles. The maximum Gasteiger partial charge on any atom is 0.233 e. The molecular weight excluding hydrogens is 423 g/mol. The van der Waals surface area contributed by atoms with E-state index in [1.165, 1.54) is 0 Å². The van der Waals surface area contributed by atoms with Crippen molar-refractivity contribution in [3.63, 3.8) is 0 Å². The molecule has 1 saturated heterocycles. The van der Waals surface area contributed by atoms with Crippen LogP contribution in [-0.4, -0.2) is 41.3 Å². The summed E-state index contributed by atoms with van der Waals surface area (Å²) in [6.07, 6.45) is 0. The van der Waals surface area contributed by atoms with E-state index in [0.29, 0.717) is 41.1 Å². The predicted octanol–water partition coefficient (Wildman–Crippen LogP) is 5.12. The third-order valence-corrected chi connectivity index (χ3v) is 5.59. The normalized spacial score (nSPS) is 13.9. The summed E-state index contributed by atoms with van der Waals surface area (Å²) in [4.78, 5) is 15.8. The van der Waals surface area contributed by atoms with Gasteiger partial charge in [0.25, 0.3) is 0 Å². The summed E-state index contributed by atoms with van der Waals surface area (Å²) < 4.78 is 5.45. The third-order valence-electron chi connectivity index (χ3n) is 4.77.